The van der Waals surface area contributed by atoms with Crippen molar-refractivity contribution in [2.75, 3.05) is 10.6 Å². The molecule has 4 rings (SSSR count). The Kier molecular flexibility index (Phi) is 5.82. The summed E-state index contributed by atoms with van der Waals surface area (Å²) < 4.78 is 54.3. The average molecular weight is 456 g/mol. The predicted molar refractivity (Wildman–Crippen MR) is 115 cm³/mol. The van der Waals surface area contributed by atoms with Crippen LogP contribution in [0.15, 0.2) is 72.9 Å². The molecule has 0 unspecified atom stereocenters. The van der Waals surface area contributed by atoms with Gasteiger partial charge < -0.3 is 15.2 Å². The van der Waals surface area contributed by atoms with Gasteiger partial charge in [-0.05, 0) is 42.5 Å². The number of fused-ring (bicyclic) bond motifs is 1. The molecule has 2 heterocycles. The van der Waals surface area contributed by atoms with Crippen LogP contribution in [0.4, 0.5) is 28.9 Å². The minimum absolute atomic E-state index is 0.0545. The number of aromatic nitrogens is 2. The first-order valence-corrected chi connectivity index (χ1v) is 9.69. The van der Waals surface area contributed by atoms with E-state index in [1.807, 2.05) is 0 Å². The van der Waals surface area contributed by atoms with Gasteiger partial charge in [0.1, 0.15) is 23.7 Å². The van der Waals surface area contributed by atoms with Gasteiger partial charge in [0.2, 0.25) is 0 Å². The van der Waals surface area contributed by atoms with Gasteiger partial charge in [-0.1, -0.05) is 24.3 Å². The molecule has 0 saturated carbocycles. The second kappa shape index (κ2) is 8.73. The quantitative estimate of drug-likeness (QED) is 0.403. The lowest BCUT2D eigenvalue weighted by atomic mass is 10.2. The summed E-state index contributed by atoms with van der Waals surface area (Å²) in [7, 11) is 0. The number of nitrogens with one attached hydrogen (secondary N) is 2. The highest BCUT2D eigenvalue weighted by molar-refractivity contribution is 6.10. The Balaban J connectivity index is 1.67. The Labute approximate surface area is 184 Å². The summed E-state index contributed by atoms with van der Waals surface area (Å²) in [5.41, 5.74) is -0.0147. The molecule has 0 fully saturated rings. The third-order valence-electron chi connectivity index (χ3n) is 4.76. The lowest BCUT2D eigenvalue weighted by Crippen LogP contribution is -2.24. The number of hydrogen-bond acceptors (Lipinski definition) is 3. The molecule has 0 aliphatic heterocycles. The zero-order chi connectivity index (χ0) is 23.6. The smallest absolute Gasteiger partial charge is 0.327 e. The number of halogens is 4. The molecule has 2 aromatic heterocycles. The molecule has 168 valence electrons. The lowest BCUT2D eigenvalue weighted by Gasteiger charge is -2.15. The molecule has 0 saturated heterocycles. The molecular weight excluding hydrogens is 440 g/mol. The van der Waals surface area contributed by atoms with Crippen molar-refractivity contribution >= 4 is 34.1 Å². The van der Waals surface area contributed by atoms with Crippen molar-refractivity contribution in [1.82, 2.24) is 9.55 Å². The highest BCUT2D eigenvalue weighted by Gasteiger charge is 2.31. The molecular formula is C23H16F4N4O2. The Morgan fingerprint density at radius 1 is 0.879 bits per heavy atom. The molecule has 10 heteroatoms. The monoisotopic (exact) mass is 456 g/mol. The summed E-state index contributed by atoms with van der Waals surface area (Å²) >= 11 is 0. The fourth-order valence-corrected chi connectivity index (χ4v) is 3.35. The molecule has 0 aliphatic carbocycles. The Hall–Kier alpha value is -4.21. The highest BCUT2D eigenvalue weighted by atomic mass is 19.4. The molecule has 33 heavy (non-hydrogen) atoms. The molecule has 2 aromatic carbocycles. The predicted octanol–water partition coefficient (Wildman–Crippen LogP) is 5.24. The van der Waals surface area contributed by atoms with Crippen molar-refractivity contribution in [3.05, 3.63) is 90.1 Å². The van der Waals surface area contributed by atoms with Gasteiger partial charge in [-0.25, -0.2) is 4.39 Å². The van der Waals surface area contributed by atoms with Gasteiger partial charge in [0.05, 0.1) is 11.4 Å². The Morgan fingerprint density at radius 3 is 2.33 bits per heavy atom. The van der Waals surface area contributed by atoms with Crippen molar-refractivity contribution in [3.63, 3.8) is 0 Å². The van der Waals surface area contributed by atoms with E-state index in [0.717, 1.165) is 16.7 Å². The molecule has 2 N–H and O–H groups in total. The number of rotatable bonds is 5. The zero-order valence-electron chi connectivity index (χ0n) is 16.9. The van der Waals surface area contributed by atoms with E-state index in [9.17, 15) is 27.2 Å². The number of carbonyl (C=O) groups is 2. The third kappa shape index (κ3) is 5.00. The summed E-state index contributed by atoms with van der Waals surface area (Å²) in [4.78, 5) is 29.3. The molecule has 0 atom stereocenters. The highest BCUT2D eigenvalue weighted by Crippen LogP contribution is 2.28. The first-order chi connectivity index (χ1) is 15.7. The van der Waals surface area contributed by atoms with Gasteiger partial charge >= 0.3 is 6.18 Å². The van der Waals surface area contributed by atoms with Crippen LogP contribution >= 0.6 is 0 Å². The summed E-state index contributed by atoms with van der Waals surface area (Å²) in [6.07, 6.45) is -3.15. The van der Waals surface area contributed by atoms with Gasteiger partial charge in [0.15, 0.2) is 0 Å². The number of pyridine rings is 1. The topological polar surface area (TPSA) is 76.0 Å². The van der Waals surface area contributed by atoms with Crippen LogP contribution in [0.2, 0.25) is 0 Å². The Morgan fingerprint density at radius 2 is 1.61 bits per heavy atom. The standard InChI is InChI=1S/C23H16F4N4O2/c24-15-8-9-16(29-21(32)17-6-3-4-10-28-17)18(12-15)30-22(33)20-11-14-5-1-2-7-19(14)31(20)13-23(25,26)27/h1-12H,13H2,(H,29,32)(H,30,33). The van der Waals surface area contributed by atoms with E-state index in [1.165, 1.54) is 30.5 Å². The van der Waals surface area contributed by atoms with Crippen LogP contribution in [-0.2, 0) is 6.54 Å². The SMILES string of the molecule is O=C(Nc1ccc(F)cc1NC(=O)c1cc2ccccc2n1CC(F)(F)F)c1ccccn1. The summed E-state index contributed by atoms with van der Waals surface area (Å²) in [5, 5.41) is 5.37. The molecule has 0 aliphatic rings. The van der Waals surface area contributed by atoms with Crippen LogP contribution in [0.25, 0.3) is 10.9 Å². The Bertz CT molecular complexity index is 1330. The molecule has 0 bridgehead atoms. The normalized spacial score (nSPS) is 11.4. The van der Waals surface area contributed by atoms with Gasteiger partial charge in [0, 0.05) is 17.1 Å². The van der Waals surface area contributed by atoms with Gasteiger partial charge in [-0.2, -0.15) is 13.2 Å². The van der Waals surface area contributed by atoms with Crippen LogP contribution in [0.5, 0.6) is 0 Å². The van der Waals surface area contributed by atoms with Crippen LogP contribution < -0.4 is 10.6 Å². The maximum atomic E-state index is 13.9. The number of benzene rings is 2. The zero-order valence-corrected chi connectivity index (χ0v) is 16.9. The van der Waals surface area contributed by atoms with Crippen LogP contribution in [0.1, 0.15) is 21.0 Å². The number of carbonyl (C=O) groups excluding carboxylic acids is 2. The van der Waals surface area contributed by atoms with E-state index in [-0.39, 0.29) is 28.3 Å². The number of hydrogen-bond donors (Lipinski definition) is 2. The van der Waals surface area contributed by atoms with Crippen LogP contribution in [-0.4, -0.2) is 27.5 Å². The molecule has 0 spiro atoms. The summed E-state index contributed by atoms with van der Waals surface area (Å²) in [6.45, 7) is -1.38. The van der Waals surface area contributed by atoms with Gasteiger partial charge in [0.25, 0.3) is 11.8 Å². The van der Waals surface area contributed by atoms with Crippen molar-refractivity contribution in [2.45, 2.75) is 12.7 Å². The van der Waals surface area contributed by atoms with E-state index in [2.05, 4.69) is 15.6 Å². The van der Waals surface area contributed by atoms with E-state index in [4.69, 9.17) is 0 Å². The third-order valence-corrected chi connectivity index (χ3v) is 4.76. The number of nitrogens with zero attached hydrogens (tertiary/aromatic N) is 2. The molecule has 6 nitrogen and oxygen atoms in total. The number of alkyl halides is 3. The maximum absolute atomic E-state index is 13.9. The van der Waals surface area contributed by atoms with Crippen molar-refractivity contribution in [3.8, 4) is 0 Å². The van der Waals surface area contributed by atoms with Crippen LogP contribution in [0, 0.1) is 5.82 Å². The van der Waals surface area contributed by atoms with E-state index in [0.29, 0.717) is 5.39 Å². The largest absolute Gasteiger partial charge is 0.406 e. The van der Waals surface area contributed by atoms with Crippen LogP contribution in [0.3, 0.4) is 0 Å². The molecule has 0 radical (unpaired) electrons. The first kappa shape index (κ1) is 22.0. The van der Waals surface area contributed by atoms with Crippen molar-refractivity contribution in [2.24, 2.45) is 0 Å². The molecule has 4 aromatic rings. The van der Waals surface area contributed by atoms with Gasteiger partial charge in [-0.15, -0.1) is 0 Å². The summed E-state index contributed by atoms with van der Waals surface area (Å²) in [5.74, 6) is -2.21. The fourth-order valence-electron chi connectivity index (χ4n) is 3.35. The fraction of sp³-hybridized carbons (Fsp3) is 0.0870. The van der Waals surface area contributed by atoms with E-state index >= 15 is 0 Å². The van der Waals surface area contributed by atoms with Gasteiger partial charge in [-0.3, -0.25) is 14.6 Å². The number of anilines is 2. The second-order valence-electron chi connectivity index (χ2n) is 7.10. The van der Waals surface area contributed by atoms with Crippen molar-refractivity contribution in [1.29, 1.82) is 0 Å². The maximum Gasteiger partial charge on any atom is 0.406 e. The average Bonchev–Trinajstić information content (AvgIpc) is 3.13. The second-order valence-corrected chi connectivity index (χ2v) is 7.10. The first-order valence-electron chi connectivity index (χ1n) is 9.69. The molecule has 2 amide bonds. The van der Waals surface area contributed by atoms with E-state index < -0.39 is 30.4 Å². The van der Waals surface area contributed by atoms with E-state index in [1.54, 1.807) is 30.3 Å². The van der Waals surface area contributed by atoms with Crippen molar-refractivity contribution < 1.29 is 27.2 Å². The minimum atomic E-state index is -4.57. The summed E-state index contributed by atoms with van der Waals surface area (Å²) in [6, 6.07) is 15.5. The lowest BCUT2D eigenvalue weighted by molar-refractivity contribution is -0.140. The number of amides is 2. The minimum Gasteiger partial charge on any atom is -0.327 e. The number of para-hydroxylation sites is 1.